The Hall–Kier alpha value is -2.85. The Kier molecular flexibility index (Phi) is 3.89. The molecule has 4 heteroatoms. The summed E-state index contributed by atoms with van der Waals surface area (Å²) < 4.78 is 0. The summed E-state index contributed by atoms with van der Waals surface area (Å²) in [5.41, 5.74) is 3.88. The molecule has 0 saturated heterocycles. The summed E-state index contributed by atoms with van der Waals surface area (Å²) in [6, 6.07) is 20.0. The van der Waals surface area contributed by atoms with Gasteiger partial charge in [-0.05, 0) is 17.2 Å². The molecule has 2 N–H and O–H groups in total. The number of anilines is 1. The third-order valence-corrected chi connectivity index (χ3v) is 4.87. The summed E-state index contributed by atoms with van der Waals surface area (Å²) in [6.07, 6.45) is 3.78. The lowest BCUT2D eigenvalue weighted by Crippen LogP contribution is -2.43. The van der Waals surface area contributed by atoms with Crippen LogP contribution in [0.15, 0.2) is 72.1 Å². The molecule has 0 saturated carbocycles. The number of rotatable bonds is 3. The topological polar surface area (TPSA) is 41.1 Å². The van der Waals surface area contributed by atoms with Gasteiger partial charge in [-0.3, -0.25) is 4.79 Å². The monoisotopic (exact) mass is 332 g/mol. The number of fused-ring (bicyclic) bond motifs is 1. The molecule has 0 radical (unpaired) electrons. The molecule has 0 fully saturated rings. The minimum Gasteiger partial charge on any atom is -0.353 e. The summed E-state index contributed by atoms with van der Waals surface area (Å²) in [5.74, 6) is -0.0356. The lowest BCUT2D eigenvalue weighted by molar-refractivity contribution is 0.0944. The van der Waals surface area contributed by atoms with Crippen molar-refractivity contribution in [2.24, 2.45) is 0 Å². The first kappa shape index (κ1) is 14.7. The van der Waals surface area contributed by atoms with Crippen LogP contribution in [0.4, 0.5) is 5.00 Å². The Labute approximate surface area is 144 Å². The molecule has 1 atom stereocenters. The summed E-state index contributed by atoms with van der Waals surface area (Å²) in [5, 5.41) is 9.35. The molecule has 2 heterocycles. The summed E-state index contributed by atoms with van der Waals surface area (Å²) in [7, 11) is 0. The Morgan fingerprint density at radius 3 is 2.38 bits per heavy atom. The average Bonchev–Trinajstić information content (AvgIpc) is 3.06. The average molecular weight is 332 g/mol. The number of amides is 1. The van der Waals surface area contributed by atoms with Crippen molar-refractivity contribution >= 4 is 28.3 Å². The molecule has 1 aromatic heterocycles. The van der Waals surface area contributed by atoms with Gasteiger partial charge in [0.1, 0.15) is 11.2 Å². The van der Waals surface area contributed by atoms with Gasteiger partial charge in [0, 0.05) is 10.9 Å². The van der Waals surface area contributed by atoms with E-state index in [4.69, 9.17) is 0 Å². The largest absolute Gasteiger partial charge is 0.353 e. The van der Waals surface area contributed by atoms with Crippen molar-refractivity contribution in [1.29, 1.82) is 0 Å². The second-order valence-electron chi connectivity index (χ2n) is 5.58. The van der Waals surface area contributed by atoms with Gasteiger partial charge in [0.05, 0.1) is 5.56 Å². The Morgan fingerprint density at radius 2 is 1.62 bits per heavy atom. The maximum Gasteiger partial charge on any atom is 0.256 e. The Balaban J connectivity index is 1.59. The number of benzene rings is 2. The molecule has 4 rings (SSSR count). The zero-order chi connectivity index (χ0) is 16.4. The smallest absolute Gasteiger partial charge is 0.256 e. The van der Waals surface area contributed by atoms with Crippen LogP contribution in [0.25, 0.3) is 17.2 Å². The molecule has 3 aromatic rings. The fourth-order valence-corrected chi connectivity index (χ4v) is 3.78. The number of hydrogen-bond acceptors (Lipinski definition) is 3. The molecule has 0 aliphatic carbocycles. The van der Waals surface area contributed by atoms with Gasteiger partial charge in [0.2, 0.25) is 0 Å². The van der Waals surface area contributed by atoms with Gasteiger partial charge in [-0.25, -0.2) is 0 Å². The SMILES string of the molecule is O=C1N[C@@H](/C=C/c2ccccc2)Nc2scc(-c3ccccc3)c21. The summed E-state index contributed by atoms with van der Waals surface area (Å²) in [6.45, 7) is 0. The van der Waals surface area contributed by atoms with Crippen molar-refractivity contribution in [2.75, 3.05) is 5.32 Å². The van der Waals surface area contributed by atoms with Crippen LogP contribution >= 0.6 is 11.3 Å². The number of carbonyl (C=O) groups excluding carboxylic acids is 1. The molecular weight excluding hydrogens is 316 g/mol. The van der Waals surface area contributed by atoms with E-state index in [1.54, 1.807) is 11.3 Å². The quantitative estimate of drug-likeness (QED) is 0.735. The van der Waals surface area contributed by atoms with E-state index in [-0.39, 0.29) is 12.1 Å². The minimum absolute atomic E-state index is 0.0356. The van der Waals surface area contributed by atoms with Gasteiger partial charge in [0.25, 0.3) is 5.91 Å². The van der Waals surface area contributed by atoms with Crippen LogP contribution in [0, 0.1) is 0 Å². The molecule has 1 aliphatic heterocycles. The van der Waals surface area contributed by atoms with Crippen LogP contribution in [0.3, 0.4) is 0 Å². The number of carbonyl (C=O) groups is 1. The highest BCUT2D eigenvalue weighted by Gasteiger charge is 2.27. The molecule has 0 bridgehead atoms. The van der Waals surface area contributed by atoms with E-state index in [1.165, 1.54) is 0 Å². The molecule has 1 amide bonds. The maximum absolute atomic E-state index is 12.6. The molecule has 1 aliphatic rings. The first-order valence-electron chi connectivity index (χ1n) is 7.79. The highest BCUT2D eigenvalue weighted by molar-refractivity contribution is 7.15. The van der Waals surface area contributed by atoms with E-state index in [2.05, 4.69) is 10.6 Å². The molecule has 2 aromatic carbocycles. The van der Waals surface area contributed by atoms with Gasteiger partial charge in [-0.2, -0.15) is 0 Å². The van der Waals surface area contributed by atoms with Gasteiger partial charge in [-0.1, -0.05) is 66.7 Å². The van der Waals surface area contributed by atoms with Gasteiger partial charge >= 0.3 is 0 Å². The molecule has 24 heavy (non-hydrogen) atoms. The maximum atomic E-state index is 12.6. The van der Waals surface area contributed by atoms with Crippen LogP contribution in [0.2, 0.25) is 0 Å². The van der Waals surface area contributed by atoms with Crippen LogP contribution in [-0.4, -0.2) is 12.1 Å². The predicted octanol–water partition coefficient (Wildman–Crippen LogP) is 4.61. The normalized spacial score (nSPS) is 16.5. The van der Waals surface area contributed by atoms with Crippen LogP contribution in [0.1, 0.15) is 15.9 Å². The number of hydrogen-bond donors (Lipinski definition) is 2. The van der Waals surface area contributed by atoms with Crippen molar-refractivity contribution in [3.05, 3.63) is 83.2 Å². The Bertz CT molecular complexity index is 885. The highest BCUT2D eigenvalue weighted by atomic mass is 32.1. The fraction of sp³-hybridized carbons (Fsp3) is 0.0500. The zero-order valence-corrected chi connectivity index (χ0v) is 13.7. The van der Waals surface area contributed by atoms with Crippen molar-refractivity contribution < 1.29 is 4.79 Å². The third kappa shape index (κ3) is 2.84. The van der Waals surface area contributed by atoms with Crippen LogP contribution in [-0.2, 0) is 0 Å². The van der Waals surface area contributed by atoms with Crippen molar-refractivity contribution in [3.63, 3.8) is 0 Å². The highest BCUT2D eigenvalue weighted by Crippen LogP contribution is 2.37. The van der Waals surface area contributed by atoms with Gasteiger partial charge < -0.3 is 10.6 Å². The summed E-state index contributed by atoms with van der Waals surface area (Å²) >= 11 is 1.57. The fourth-order valence-electron chi connectivity index (χ4n) is 2.78. The number of thiophene rings is 1. The molecule has 118 valence electrons. The molecular formula is C20H16N2OS. The van der Waals surface area contributed by atoms with E-state index in [0.717, 1.165) is 27.3 Å². The first-order chi connectivity index (χ1) is 11.8. The second kappa shape index (κ2) is 6.34. The van der Waals surface area contributed by atoms with Gasteiger partial charge in [0.15, 0.2) is 0 Å². The van der Waals surface area contributed by atoms with Crippen molar-refractivity contribution in [1.82, 2.24) is 5.32 Å². The van der Waals surface area contributed by atoms with E-state index >= 15 is 0 Å². The lowest BCUT2D eigenvalue weighted by Gasteiger charge is -2.24. The third-order valence-electron chi connectivity index (χ3n) is 3.96. The van der Waals surface area contributed by atoms with Gasteiger partial charge in [-0.15, -0.1) is 11.3 Å². The first-order valence-corrected chi connectivity index (χ1v) is 8.67. The Morgan fingerprint density at radius 1 is 0.917 bits per heavy atom. The number of nitrogens with one attached hydrogen (secondary N) is 2. The molecule has 0 spiro atoms. The molecule has 0 unspecified atom stereocenters. The second-order valence-corrected chi connectivity index (χ2v) is 6.46. The minimum atomic E-state index is -0.201. The van der Waals surface area contributed by atoms with E-state index < -0.39 is 0 Å². The van der Waals surface area contributed by atoms with E-state index in [9.17, 15) is 4.79 Å². The standard InChI is InChI=1S/C20H16N2OS/c23-19-18-16(15-9-5-2-6-10-15)13-24-20(18)22-17(21-19)12-11-14-7-3-1-4-8-14/h1-13,17,22H,(H,21,23)/b12-11+/t17-/m1/s1. The lowest BCUT2D eigenvalue weighted by atomic mass is 10.0. The van der Waals surface area contributed by atoms with Crippen LogP contribution in [0.5, 0.6) is 0 Å². The zero-order valence-electron chi connectivity index (χ0n) is 12.9. The predicted molar refractivity (Wildman–Crippen MR) is 100 cm³/mol. The van der Waals surface area contributed by atoms with Crippen molar-refractivity contribution in [3.8, 4) is 11.1 Å². The van der Waals surface area contributed by atoms with Crippen molar-refractivity contribution in [2.45, 2.75) is 6.17 Å². The summed E-state index contributed by atoms with van der Waals surface area (Å²) in [4.78, 5) is 12.6. The molecule has 3 nitrogen and oxygen atoms in total. The van der Waals surface area contributed by atoms with Crippen LogP contribution < -0.4 is 10.6 Å². The van der Waals surface area contributed by atoms with E-state index in [0.29, 0.717) is 0 Å². The van der Waals surface area contributed by atoms with E-state index in [1.807, 2.05) is 78.2 Å².